The van der Waals surface area contributed by atoms with E-state index in [0.29, 0.717) is 12.1 Å². The normalized spacial score (nSPS) is 10.6. The highest BCUT2D eigenvalue weighted by Gasteiger charge is 2.18. The molecule has 0 spiro atoms. The number of halogens is 1. The Hall–Kier alpha value is -1.69. The smallest absolute Gasteiger partial charge is 0.358 e. The molecule has 0 radical (unpaired) electrons. The molecule has 0 aliphatic rings. The number of aryl methyl sites for hydroxylation is 1. The number of carboxylic acids is 1. The van der Waals surface area contributed by atoms with Gasteiger partial charge in [0.15, 0.2) is 5.69 Å². The molecule has 94 valence electrons. The van der Waals surface area contributed by atoms with Gasteiger partial charge in [0.25, 0.3) is 0 Å². The third kappa shape index (κ3) is 2.28. The summed E-state index contributed by atoms with van der Waals surface area (Å²) in [5.74, 6) is -1.05. The Morgan fingerprint density at radius 2 is 2.17 bits per heavy atom. The van der Waals surface area contributed by atoms with Crippen LogP contribution in [0.4, 0.5) is 0 Å². The van der Waals surface area contributed by atoms with Gasteiger partial charge >= 0.3 is 5.97 Å². The molecule has 5 nitrogen and oxygen atoms in total. The van der Waals surface area contributed by atoms with Gasteiger partial charge in [-0.3, -0.25) is 0 Å². The van der Waals surface area contributed by atoms with Crippen LogP contribution in [0, 0.1) is 6.92 Å². The first-order valence-electron chi connectivity index (χ1n) is 5.48. The highest BCUT2D eigenvalue weighted by Crippen LogP contribution is 2.20. The second kappa shape index (κ2) is 4.89. The van der Waals surface area contributed by atoms with Gasteiger partial charge in [-0.15, -0.1) is 5.10 Å². The monoisotopic (exact) mass is 309 g/mol. The SMILES string of the molecule is CCc1c(C(=O)O)nnn1-c1cc(C)cc(Br)c1. The third-order valence-corrected chi connectivity index (χ3v) is 3.03. The number of rotatable bonds is 3. The average molecular weight is 310 g/mol. The van der Waals surface area contributed by atoms with Crippen molar-refractivity contribution in [3.8, 4) is 5.69 Å². The highest BCUT2D eigenvalue weighted by molar-refractivity contribution is 9.10. The summed E-state index contributed by atoms with van der Waals surface area (Å²) in [7, 11) is 0. The van der Waals surface area contributed by atoms with Gasteiger partial charge in [-0.2, -0.15) is 0 Å². The fourth-order valence-electron chi connectivity index (χ4n) is 1.83. The van der Waals surface area contributed by atoms with Crippen molar-refractivity contribution < 1.29 is 9.90 Å². The number of hydrogen-bond acceptors (Lipinski definition) is 3. The minimum absolute atomic E-state index is 0.00938. The lowest BCUT2D eigenvalue weighted by molar-refractivity contribution is 0.0689. The summed E-state index contributed by atoms with van der Waals surface area (Å²) < 4.78 is 2.49. The van der Waals surface area contributed by atoms with Crippen LogP contribution in [0.1, 0.15) is 28.7 Å². The topological polar surface area (TPSA) is 68.0 Å². The maximum atomic E-state index is 11.0. The molecule has 1 heterocycles. The molecule has 0 fully saturated rings. The molecule has 0 atom stereocenters. The van der Waals surface area contributed by atoms with Gasteiger partial charge in [0.1, 0.15) is 0 Å². The van der Waals surface area contributed by atoms with Gasteiger partial charge in [-0.05, 0) is 37.1 Å². The van der Waals surface area contributed by atoms with Crippen LogP contribution >= 0.6 is 15.9 Å². The first-order chi connectivity index (χ1) is 8.52. The van der Waals surface area contributed by atoms with Crippen LogP contribution in [0.15, 0.2) is 22.7 Å². The van der Waals surface area contributed by atoms with E-state index in [-0.39, 0.29) is 5.69 Å². The summed E-state index contributed by atoms with van der Waals surface area (Å²) in [4.78, 5) is 11.0. The van der Waals surface area contributed by atoms with Crippen molar-refractivity contribution in [3.63, 3.8) is 0 Å². The van der Waals surface area contributed by atoms with Crippen LogP contribution in [0.25, 0.3) is 5.69 Å². The summed E-state index contributed by atoms with van der Waals surface area (Å²) in [5.41, 5.74) is 2.47. The predicted octanol–water partition coefficient (Wildman–Crippen LogP) is 2.60. The largest absolute Gasteiger partial charge is 0.476 e. The van der Waals surface area contributed by atoms with E-state index in [0.717, 1.165) is 15.7 Å². The molecule has 1 aromatic carbocycles. The lowest BCUT2D eigenvalue weighted by Gasteiger charge is -2.07. The van der Waals surface area contributed by atoms with Crippen molar-refractivity contribution in [1.29, 1.82) is 0 Å². The van der Waals surface area contributed by atoms with Gasteiger partial charge in [-0.1, -0.05) is 28.1 Å². The quantitative estimate of drug-likeness (QED) is 0.946. The minimum Gasteiger partial charge on any atom is -0.476 e. The van der Waals surface area contributed by atoms with E-state index in [2.05, 4.69) is 26.2 Å². The number of aromatic nitrogens is 3. The number of nitrogens with zero attached hydrogens (tertiary/aromatic N) is 3. The Morgan fingerprint density at radius 1 is 1.44 bits per heavy atom. The van der Waals surface area contributed by atoms with Gasteiger partial charge < -0.3 is 5.11 Å². The molecule has 0 amide bonds. The van der Waals surface area contributed by atoms with Crippen LogP contribution in [-0.4, -0.2) is 26.1 Å². The molecule has 0 aliphatic carbocycles. The van der Waals surface area contributed by atoms with Crippen LogP contribution in [0.3, 0.4) is 0 Å². The maximum Gasteiger partial charge on any atom is 0.358 e. The zero-order chi connectivity index (χ0) is 13.3. The van der Waals surface area contributed by atoms with Crippen molar-refractivity contribution >= 4 is 21.9 Å². The molecular weight excluding hydrogens is 298 g/mol. The summed E-state index contributed by atoms with van der Waals surface area (Å²) in [5, 5.41) is 16.7. The van der Waals surface area contributed by atoms with E-state index in [9.17, 15) is 4.79 Å². The Morgan fingerprint density at radius 3 is 2.72 bits per heavy atom. The number of hydrogen-bond donors (Lipinski definition) is 1. The average Bonchev–Trinajstić information content (AvgIpc) is 2.70. The number of benzene rings is 1. The Labute approximate surface area is 113 Å². The van der Waals surface area contributed by atoms with E-state index < -0.39 is 5.97 Å². The molecule has 0 bridgehead atoms. The summed E-state index contributed by atoms with van der Waals surface area (Å²) >= 11 is 3.41. The molecule has 0 saturated heterocycles. The van der Waals surface area contributed by atoms with Crippen molar-refractivity contribution in [2.75, 3.05) is 0 Å². The maximum absolute atomic E-state index is 11.0. The van der Waals surface area contributed by atoms with Gasteiger partial charge in [0, 0.05) is 4.47 Å². The zero-order valence-electron chi connectivity index (χ0n) is 10.0. The lowest BCUT2D eigenvalue weighted by atomic mass is 10.2. The van der Waals surface area contributed by atoms with Crippen LogP contribution < -0.4 is 0 Å². The Kier molecular flexibility index (Phi) is 3.47. The predicted molar refractivity (Wildman–Crippen MR) is 70.1 cm³/mol. The third-order valence-electron chi connectivity index (χ3n) is 2.57. The van der Waals surface area contributed by atoms with Crippen molar-refractivity contribution in [2.24, 2.45) is 0 Å². The second-order valence-corrected chi connectivity index (χ2v) is 4.86. The van der Waals surface area contributed by atoms with E-state index >= 15 is 0 Å². The minimum atomic E-state index is -1.05. The number of aromatic carboxylic acids is 1. The van der Waals surface area contributed by atoms with Crippen LogP contribution in [-0.2, 0) is 6.42 Å². The van der Waals surface area contributed by atoms with E-state index in [1.165, 1.54) is 0 Å². The lowest BCUT2D eigenvalue weighted by Crippen LogP contribution is -2.06. The second-order valence-electron chi connectivity index (χ2n) is 3.94. The molecule has 0 aliphatic heterocycles. The Bertz CT molecular complexity index is 587. The molecule has 0 unspecified atom stereocenters. The van der Waals surface area contributed by atoms with Gasteiger partial charge in [0.05, 0.1) is 11.4 Å². The van der Waals surface area contributed by atoms with Crippen molar-refractivity contribution in [1.82, 2.24) is 15.0 Å². The molecule has 0 saturated carbocycles. The van der Waals surface area contributed by atoms with Crippen molar-refractivity contribution in [2.45, 2.75) is 20.3 Å². The molecular formula is C12H12BrN3O2. The van der Waals surface area contributed by atoms with E-state index in [1.807, 2.05) is 32.0 Å². The summed E-state index contributed by atoms with van der Waals surface area (Å²) in [6.45, 7) is 3.85. The van der Waals surface area contributed by atoms with E-state index in [4.69, 9.17) is 5.11 Å². The highest BCUT2D eigenvalue weighted by atomic mass is 79.9. The first-order valence-corrected chi connectivity index (χ1v) is 6.27. The molecule has 1 aromatic heterocycles. The van der Waals surface area contributed by atoms with Gasteiger partial charge in [0.2, 0.25) is 0 Å². The van der Waals surface area contributed by atoms with Gasteiger partial charge in [-0.25, -0.2) is 9.48 Å². The van der Waals surface area contributed by atoms with Crippen LogP contribution in [0.2, 0.25) is 0 Å². The fourth-order valence-corrected chi connectivity index (χ4v) is 2.43. The summed E-state index contributed by atoms with van der Waals surface area (Å²) in [6, 6.07) is 5.79. The molecule has 2 aromatic rings. The molecule has 6 heteroatoms. The summed E-state index contributed by atoms with van der Waals surface area (Å²) in [6.07, 6.45) is 0.556. The zero-order valence-corrected chi connectivity index (χ0v) is 11.6. The fraction of sp³-hybridized carbons (Fsp3) is 0.250. The number of carbonyl (C=O) groups is 1. The number of carboxylic acid groups (broad SMARTS) is 1. The molecule has 18 heavy (non-hydrogen) atoms. The first kappa shape index (κ1) is 12.8. The van der Waals surface area contributed by atoms with Crippen molar-refractivity contribution in [3.05, 3.63) is 39.6 Å². The standard InChI is InChI=1S/C12H12BrN3O2/c1-3-10-11(12(17)18)14-15-16(10)9-5-7(2)4-8(13)6-9/h4-6H,3H2,1-2H3,(H,17,18). The van der Waals surface area contributed by atoms with E-state index in [1.54, 1.807) is 4.68 Å². The molecule has 1 N–H and O–H groups in total. The Balaban J connectivity index is 2.60. The molecule has 2 rings (SSSR count). The van der Waals surface area contributed by atoms with Crippen LogP contribution in [0.5, 0.6) is 0 Å².